The molecule has 2 rings (SSSR count). The average Bonchev–Trinajstić information content (AvgIpc) is 2.42. The van der Waals surface area contributed by atoms with Crippen molar-refractivity contribution in [2.24, 2.45) is 0 Å². The van der Waals surface area contributed by atoms with Gasteiger partial charge in [-0.15, -0.1) is 0 Å². The van der Waals surface area contributed by atoms with Crippen LogP contribution in [0.3, 0.4) is 0 Å². The van der Waals surface area contributed by atoms with E-state index in [1.54, 1.807) is 44.2 Å². The Hall–Kier alpha value is -2.40. The van der Waals surface area contributed by atoms with Crippen LogP contribution in [0.4, 0.5) is 5.69 Å². The summed E-state index contributed by atoms with van der Waals surface area (Å²) in [5, 5.41) is 20.4. The minimum Gasteiger partial charge on any atom is -0.457 e. The summed E-state index contributed by atoms with van der Waals surface area (Å²) in [7, 11) is 0. The molecule has 0 aliphatic rings. The third kappa shape index (κ3) is 3.38. The van der Waals surface area contributed by atoms with Crippen LogP contribution in [-0.4, -0.2) is 10.0 Å². The van der Waals surface area contributed by atoms with Crippen LogP contribution in [0.1, 0.15) is 29.7 Å². The van der Waals surface area contributed by atoms with Gasteiger partial charge in [0.2, 0.25) is 0 Å². The van der Waals surface area contributed by atoms with E-state index in [2.05, 4.69) is 0 Å². The molecule has 2 aromatic rings. The van der Waals surface area contributed by atoms with Crippen LogP contribution < -0.4 is 4.74 Å². The molecule has 0 unspecified atom stereocenters. The lowest BCUT2D eigenvalue weighted by atomic mass is 10.1. The van der Waals surface area contributed by atoms with Gasteiger partial charge in [0.25, 0.3) is 5.69 Å². The first-order valence-corrected chi connectivity index (χ1v) is 6.60. The molecule has 0 fully saturated rings. The molecule has 0 saturated carbocycles. The van der Waals surface area contributed by atoms with Crippen molar-refractivity contribution in [3.63, 3.8) is 0 Å². The van der Waals surface area contributed by atoms with Gasteiger partial charge in [-0.1, -0.05) is 12.1 Å². The summed E-state index contributed by atoms with van der Waals surface area (Å²) in [6.07, 6.45) is -0.541. The van der Waals surface area contributed by atoms with Gasteiger partial charge >= 0.3 is 0 Å². The molecule has 0 saturated heterocycles. The number of aryl methyl sites for hydroxylation is 2. The highest BCUT2D eigenvalue weighted by atomic mass is 16.6. The van der Waals surface area contributed by atoms with E-state index >= 15 is 0 Å². The van der Waals surface area contributed by atoms with Crippen LogP contribution >= 0.6 is 0 Å². The van der Waals surface area contributed by atoms with Gasteiger partial charge in [0.15, 0.2) is 0 Å². The topological polar surface area (TPSA) is 72.6 Å². The zero-order valence-corrected chi connectivity index (χ0v) is 12.2. The molecule has 2 aromatic carbocycles. The van der Waals surface area contributed by atoms with E-state index in [9.17, 15) is 15.2 Å². The van der Waals surface area contributed by atoms with E-state index in [4.69, 9.17) is 4.74 Å². The molecule has 0 aliphatic carbocycles. The second-order valence-electron chi connectivity index (χ2n) is 5.01. The van der Waals surface area contributed by atoms with Gasteiger partial charge in [-0.2, -0.15) is 0 Å². The second kappa shape index (κ2) is 5.93. The van der Waals surface area contributed by atoms with Crippen molar-refractivity contribution in [1.82, 2.24) is 0 Å². The molecule has 1 atom stereocenters. The second-order valence-corrected chi connectivity index (χ2v) is 5.01. The van der Waals surface area contributed by atoms with Gasteiger partial charge in [0.05, 0.1) is 17.1 Å². The number of rotatable bonds is 4. The van der Waals surface area contributed by atoms with Crippen molar-refractivity contribution in [1.29, 1.82) is 0 Å². The molecule has 0 aliphatic heterocycles. The van der Waals surface area contributed by atoms with Crippen LogP contribution in [-0.2, 0) is 0 Å². The molecule has 0 bridgehead atoms. The zero-order chi connectivity index (χ0) is 15.6. The maximum absolute atomic E-state index is 11.0. The molecule has 1 N–H and O–H groups in total. The van der Waals surface area contributed by atoms with E-state index in [1.807, 2.05) is 6.92 Å². The number of aliphatic hydroxyl groups is 1. The molecule has 0 aromatic heterocycles. The Morgan fingerprint density at radius 1 is 1.14 bits per heavy atom. The summed E-state index contributed by atoms with van der Waals surface area (Å²) in [5.41, 5.74) is 2.26. The van der Waals surface area contributed by atoms with Crippen molar-refractivity contribution < 1.29 is 14.8 Å². The highest BCUT2D eigenvalue weighted by Gasteiger charge is 2.15. The van der Waals surface area contributed by atoms with Crippen LogP contribution in [0.25, 0.3) is 0 Å². The third-order valence-electron chi connectivity index (χ3n) is 3.28. The number of aliphatic hydroxyl groups excluding tert-OH is 1. The number of ether oxygens (including phenoxy) is 1. The van der Waals surface area contributed by atoms with Crippen molar-refractivity contribution in [2.75, 3.05) is 0 Å². The van der Waals surface area contributed by atoms with Crippen molar-refractivity contribution in [3.8, 4) is 11.5 Å². The maximum atomic E-state index is 11.0. The molecule has 0 spiro atoms. The summed E-state index contributed by atoms with van der Waals surface area (Å²) in [4.78, 5) is 10.6. The number of nitrogens with zero attached hydrogens (tertiary/aromatic N) is 1. The third-order valence-corrected chi connectivity index (χ3v) is 3.28. The van der Waals surface area contributed by atoms with E-state index in [-0.39, 0.29) is 5.69 Å². The van der Waals surface area contributed by atoms with E-state index < -0.39 is 11.0 Å². The number of benzene rings is 2. The van der Waals surface area contributed by atoms with Crippen molar-refractivity contribution in [3.05, 3.63) is 63.2 Å². The van der Waals surface area contributed by atoms with Gasteiger partial charge < -0.3 is 9.84 Å². The quantitative estimate of drug-likeness (QED) is 0.680. The molecule has 5 nitrogen and oxygen atoms in total. The Morgan fingerprint density at radius 2 is 1.76 bits per heavy atom. The van der Waals surface area contributed by atoms with Crippen LogP contribution in [0, 0.1) is 24.0 Å². The Labute approximate surface area is 123 Å². The maximum Gasteiger partial charge on any atom is 0.276 e. The monoisotopic (exact) mass is 287 g/mol. The highest BCUT2D eigenvalue weighted by Crippen LogP contribution is 2.31. The van der Waals surface area contributed by atoms with Crippen molar-refractivity contribution in [2.45, 2.75) is 26.9 Å². The first-order valence-electron chi connectivity index (χ1n) is 6.60. The Kier molecular flexibility index (Phi) is 4.23. The smallest absolute Gasteiger partial charge is 0.276 e. The van der Waals surface area contributed by atoms with Crippen LogP contribution in [0.2, 0.25) is 0 Å². The normalized spacial score (nSPS) is 12.0. The lowest BCUT2D eigenvalue weighted by Crippen LogP contribution is -1.96. The van der Waals surface area contributed by atoms with E-state index in [0.29, 0.717) is 17.1 Å². The van der Waals surface area contributed by atoms with Gasteiger partial charge in [0, 0.05) is 5.56 Å². The predicted octanol–water partition coefficient (Wildman–Crippen LogP) is 4.06. The molecule has 0 heterocycles. The Bertz CT molecular complexity index is 663. The first kappa shape index (κ1) is 15.0. The van der Waals surface area contributed by atoms with Crippen molar-refractivity contribution >= 4 is 5.69 Å². The summed E-state index contributed by atoms with van der Waals surface area (Å²) in [6.45, 7) is 5.23. The fraction of sp³-hybridized carbons (Fsp3) is 0.250. The molecule has 5 heteroatoms. The summed E-state index contributed by atoms with van der Waals surface area (Å²) in [6, 6.07) is 10.2. The molecular formula is C16H17NO4. The zero-order valence-electron chi connectivity index (χ0n) is 12.2. The van der Waals surface area contributed by atoms with Crippen LogP contribution in [0.15, 0.2) is 36.4 Å². The Balaban J connectivity index is 2.30. The highest BCUT2D eigenvalue weighted by molar-refractivity contribution is 5.51. The molecule has 0 radical (unpaired) electrons. The molecule has 21 heavy (non-hydrogen) atoms. The lowest BCUT2D eigenvalue weighted by molar-refractivity contribution is -0.385. The number of nitro benzene ring substituents is 1. The van der Waals surface area contributed by atoms with E-state index in [0.717, 1.165) is 11.1 Å². The van der Waals surface area contributed by atoms with Gasteiger partial charge in [-0.25, -0.2) is 0 Å². The lowest BCUT2D eigenvalue weighted by Gasteiger charge is -2.11. The summed E-state index contributed by atoms with van der Waals surface area (Å²) >= 11 is 0. The number of hydrogen-bond donors (Lipinski definition) is 1. The standard InChI is InChI=1S/C16H17NO4/c1-10-8-11(2)16(9-15(10)17(19)20)21-14-6-4-13(5-7-14)12(3)18/h4-9,12,18H,1-3H3/t12-/m0/s1. The average molecular weight is 287 g/mol. The number of nitro groups is 1. The van der Waals surface area contributed by atoms with E-state index in [1.165, 1.54) is 6.07 Å². The van der Waals surface area contributed by atoms with Gasteiger partial charge in [-0.05, 0) is 50.1 Å². The summed E-state index contributed by atoms with van der Waals surface area (Å²) < 4.78 is 5.70. The van der Waals surface area contributed by atoms with Gasteiger partial charge in [0.1, 0.15) is 11.5 Å². The van der Waals surface area contributed by atoms with Crippen LogP contribution in [0.5, 0.6) is 11.5 Å². The fourth-order valence-electron chi connectivity index (χ4n) is 2.07. The Morgan fingerprint density at radius 3 is 2.29 bits per heavy atom. The minimum atomic E-state index is -0.541. The van der Waals surface area contributed by atoms with Gasteiger partial charge in [-0.3, -0.25) is 10.1 Å². The SMILES string of the molecule is Cc1cc(C)c([N+](=O)[O-])cc1Oc1ccc([C@H](C)O)cc1. The first-order chi connectivity index (χ1) is 9.88. The molecule has 0 amide bonds. The largest absolute Gasteiger partial charge is 0.457 e. The molecule has 110 valence electrons. The fourth-order valence-corrected chi connectivity index (χ4v) is 2.07. The molecular weight excluding hydrogens is 270 g/mol. The minimum absolute atomic E-state index is 0.0381. The summed E-state index contributed by atoms with van der Waals surface area (Å²) in [5.74, 6) is 1.03. The number of hydrogen-bond acceptors (Lipinski definition) is 4. The predicted molar refractivity (Wildman–Crippen MR) is 79.7 cm³/mol.